The summed E-state index contributed by atoms with van der Waals surface area (Å²) in [6.07, 6.45) is 7.35. The molecule has 0 spiro atoms. The van der Waals surface area contributed by atoms with Crippen LogP contribution in [0.5, 0.6) is 0 Å². The van der Waals surface area contributed by atoms with E-state index in [9.17, 15) is 9.59 Å². The SMILES string of the molecule is Cc1cccnc1C(=O)N1CCCC1C1CCCCC1=O. The second kappa shape index (κ2) is 5.96. The third-order valence-electron chi connectivity index (χ3n) is 4.84. The van der Waals surface area contributed by atoms with Gasteiger partial charge in [-0.05, 0) is 44.2 Å². The van der Waals surface area contributed by atoms with Crippen LogP contribution >= 0.6 is 0 Å². The van der Waals surface area contributed by atoms with E-state index in [0.29, 0.717) is 17.9 Å². The number of carbonyl (C=O) groups excluding carboxylic acids is 2. The smallest absolute Gasteiger partial charge is 0.272 e. The second-order valence-corrected chi connectivity index (χ2v) is 6.20. The van der Waals surface area contributed by atoms with Crippen LogP contribution < -0.4 is 0 Å². The molecule has 2 heterocycles. The van der Waals surface area contributed by atoms with Crippen molar-refractivity contribution < 1.29 is 9.59 Å². The van der Waals surface area contributed by atoms with Crippen molar-refractivity contribution in [3.8, 4) is 0 Å². The van der Waals surface area contributed by atoms with Crippen LogP contribution in [-0.4, -0.2) is 34.2 Å². The van der Waals surface area contributed by atoms with Crippen LogP contribution in [0.15, 0.2) is 18.3 Å². The normalized spacial score (nSPS) is 26.1. The van der Waals surface area contributed by atoms with Gasteiger partial charge in [-0.2, -0.15) is 0 Å². The van der Waals surface area contributed by atoms with Gasteiger partial charge in [0.25, 0.3) is 5.91 Å². The zero-order chi connectivity index (χ0) is 14.8. The van der Waals surface area contributed by atoms with Gasteiger partial charge in [0.15, 0.2) is 0 Å². The average Bonchev–Trinajstić information content (AvgIpc) is 2.97. The number of pyridine rings is 1. The Morgan fingerprint density at radius 1 is 1.29 bits per heavy atom. The number of hydrogen-bond acceptors (Lipinski definition) is 3. The standard InChI is InChI=1S/C17H22N2O2/c1-12-6-4-10-18-16(12)17(21)19-11-5-8-14(19)13-7-2-3-9-15(13)20/h4,6,10,13-14H,2-3,5,7-9,11H2,1H3. The largest absolute Gasteiger partial charge is 0.334 e. The molecular weight excluding hydrogens is 264 g/mol. The van der Waals surface area contributed by atoms with Crippen LogP contribution in [0.4, 0.5) is 0 Å². The van der Waals surface area contributed by atoms with Crippen LogP contribution in [0.25, 0.3) is 0 Å². The highest BCUT2D eigenvalue weighted by atomic mass is 16.2. The number of carbonyl (C=O) groups is 2. The number of amides is 1. The van der Waals surface area contributed by atoms with Gasteiger partial charge in [0, 0.05) is 31.1 Å². The van der Waals surface area contributed by atoms with Crippen molar-refractivity contribution in [2.45, 2.75) is 51.5 Å². The van der Waals surface area contributed by atoms with Crippen molar-refractivity contribution in [2.75, 3.05) is 6.54 Å². The number of hydrogen-bond donors (Lipinski definition) is 0. The summed E-state index contributed by atoms with van der Waals surface area (Å²) < 4.78 is 0. The molecule has 1 saturated heterocycles. The highest BCUT2D eigenvalue weighted by Crippen LogP contribution is 2.33. The minimum Gasteiger partial charge on any atom is -0.334 e. The number of aromatic nitrogens is 1. The van der Waals surface area contributed by atoms with Gasteiger partial charge in [-0.3, -0.25) is 14.6 Å². The summed E-state index contributed by atoms with van der Waals surface area (Å²) in [6, 6.07) is 3.85. The second-order valence-electron chi connectivity index (χ2n) is 6.20. The van der Waals surface area contributed by atoms with Gasteiger partial charge < -0.3 is 4.90 Å². The van der Waals surface area contributed by atoms with Crippen LogP contribution in [0.1, 0.15) is 54.6 Å². The predicted octanol–water partition coefficient (Wildman–Crippen LogP) is 2.75. The van der Waals surface area contributed by atoms with E-state index in [2.05, 4.69) is 4.98 Å². The lowest BCUT2D eigenvalue weighted by Crippen LogP contribution is -2.44. The van der Waals surface area contributed by atoms with Gasteiger partial charge in [-0.1, -0.05) is 12.5 Å². The maximum atomic E-state index is 12.8. The van der Waals surface area contributed by atoms with Crippen molar-refractivity contribution in [1.82, 2.24) is 9.88 Å². The van der Waals surface area contributed by atoms with Crippen LogP contribution in [0, 0.1) is 12.8 Å². The summed E-state index contributed by atoms with van der Waals surface area (Å²) in [6.45, 7) is 2.67. The first-order valence-corrected chi connectivity index (χ1v) is 7.94. The molecule has 2 aliphatic rings. The maximum absolute atomic E-state index is 12.8. The van der Waals surface area contributed by atoms with Gasteiger partial charge in [0.1, 0.15) is 11.5 Å². The quantitative estimate of drug-likeness (QED) is 0.840. The number of likely N-dealkylation sites (tertiary alicyclic amines) is 1. The number of ketones is 1. The van der Waals surface area contributed by atoms with E-state index in [-0.39, 0.29) is 17.9 Å². The lowest BCUT2D eigenvalue weighted by Gasteiger charge is -2.33. The Balaban J connectivity index is 1.82. The van der Waals surface area contributed by atoms with E-state index in [1.165, 1.54) is 0 Å². The molecule has 1 saturated carbocycles. The number of rotatable bonds is 2. The molecule has 4 nitrogen and oxygen atoms in total. The summed E-state index contributed by atoms with van der Waals surface area (Å²) >= 11 is 0. The highest BCUT2D eigenvalue weighted by Gasteiger charge is 2.39. The van der Waals surface area contributed by atoms with E-state index in [0.717, 1.165) is 44.2 Å². The molecule has 0 aromatic carbocycles. The maximum Gasteiger partial charge on any atom is 0.272 e. The molecule has 1 amide bonds. The van der Waals surface area contributed by atoms with E-state index in [4.69, 9.17) is 0 Å². The summed E-state index contributed by atoms with van der Waals surface area (Å²) in [5.41, 5.74) is 1.44. The van der Waals surface area contributed by atoms with Gasteiger partial charge in [0.05, 0.1) is 0 Å². The fourth-order valence-electron chi connectivity index (χ4n) is 3.73. The lowest BCUT2D eigenvalue weighted by molar-refractivity contribution is -0.126. The Labute approximate surface area is 125 Å². The topological polar surface area (TPSA) is 50.3 Å². The third-order valence-corrected chi connectivity index (χ3v) is 4.84. The van der Waals surface area contributed by atoms with E-state index in [1.807, 2.05) is 24.0 Å². The highest BCUT2D eigenvalue weighted by molar-refractivity contribution is 5.94. The number of aryl methyl sites for hydroxylation is 1. The molecule has 1 aliphatic heterocycles. The minimum absolute atomic E-state index is 0.00558. The molecule has 2 fully saturated rings. The Hall–Kier alpha value is -1.71. The van der Waals surface area contributed by atoms with Crippen molar-refractivity contribution >= 4 is 11.7 Å². The molecule has 4 heteroatoms. The predicted molar refractivity (Wildman–Crippen MR) is 80.0 cm³/mol. The zero-order valence-electron chi connectivity index (χ0n) is 12.5. The molecule has 1 aliphatic carbocycles. The fourth-order valence-corrected chi connectivity index (χ4v) is 3.73. The molecule has 112 valence electrons. The minimum atomic E-state index is -0.00558. The van der Waals surface area contributed by atoms with Crippen LogP contribution in [-0.2, 0) is 4.79 Å². The molecule has 0 N–H and O–H groups in total. The molecule has 1 aromatic rings. The summed E-state index contributed by atoms with van der Waals surface area (Å²) in [5.74, 6) is 0.395. The lowest BCUT2D eigenvalue weighted by atomic mass is 9.81. The van der Waals surface area contributed by atoms with E-state index < -0.39 is 0 Å². The number of Topliss-reactive ketones (excluding diaryl/α,β-unsaturated/α-hetero) is 1. The monoisotopic (exact) mass is 286 g/mol. The molecule has 2 unspecified atom stereocenters. The number of nitrogens with zero attached hydrogens (tertiary/aromatic N) is 2. The summed E-state index contributed by atoms with van der Waals surface area (Å²) in [7, 11) is 0. The van der Waals surface area contributed by atoms with Gasteiger partial charge in [-0.25, -0.2) is 0 Å². The van der Waals surface area contributed by atoms with Crippen molar-refractivity contribution in [2.24, 2.45) is 5.92 Å². The first-order valence-electron chi connectivity index (χ1n) is 7.94. The van der Waals surface area contributed by atoms with Crippen LogP contribution in [0.3, 0.4) is 0 Å². The molecule has 1 aromatic heterocycles. The molecule has 2 atom stereocenters. The van der Waals surface area contributed by atoms with Crippen molar-refractivity contribution in [3.63, 3.8) is 0 Å². The Kier molecular flexibility index (Phi) is 4.04. The fraction of sp³-hybridized carbons (Fsp3) is 0.588. The van der Waals surface area contributed by atoms with Gasteiger partial charge in [0.2, 0.25) is 0 Å². The first kappa shape index (κ1) is 14.2. The average molecular weight is 286 g/mol. The van der Waals surface area contributed by atoms with E-state index in [1.54, 1.807) is 6.20 Å². The molecule has 0 radical (unpaired) electrons. The van der Waals surface area contributed by atoms with E-state index >= 15 is 0 Å². The van der Waals surface area contributed by atoms with Gasteiger partial charge >= 0.3 is 0 Å². The van der Waals surface area contributed by atoms with Crippen LogP contribution in [0.2, 0.25) is 0 Å². The first-order chi connectivity index (χ1) is 10.2. The summed E-state index contributed by atoms with van der Waals surface area (Å²) in [5, 5.41) is 0. The summed E-state index contributed by atoms with van der Waals surface area (Å²) in [4.78, 5) is 31.1. The van der Waals surface area contributed by atoms with Gasteiger partial charge in [-0.15, -0.1) is 0 Å². The Morgan fingerprint density at radius 2 is 2.14 bits per heavy atom. The third kappa shape index (κ3) is 2.71. The molecule has 21 heavy (non-hydrogen) atoms. The molecule has 3 rings (SSSR count). The van der Waals surface area contributed by atoms with Crippen molar-refractivity contribution in [1.29, 1.82) is 0 Å². The Morgan fingerprint density at radius 3 is 2.90 bits per heavy atom. The molecule has 0 bridgehead atoms. The van der Waals surface area contributed by atoms with Crippen molar-refractivity contribution in [3.05, 3.63) is 29.6 Å². The zero-order valence-corrected chi connectivity index (χ0v) is 12.5. The molecular formula is C17H22N2O2. The Bertz CT molecular complexity index is 555.